The third kappa shape index (κ3) is 2.66. The van der Waals surface area contributed by atoms with Crippen LogP contribution in [-0.4, -0.2) is 47.6 Å². The maximum atomic E-state index is 11.6. The quantitative estimate of drug-likeness (QED) is 0.898. The highest BCUT2D eigenvalue weighted by Crippen LogP contribution is 2.32. The molecule has 0 saturated carbocycles. The van der Waals surface area contributed by atoms with Gasteiger partial charge in [-0.25, -0.2) is 4.98 Å². The molecule has 5 nitrogen and oxygen atoms in total. The third-order valence-corrected chi connectivity index (χ3v) is 4.79. The van der Waals surface area contributed by atoms with E-state index in [4.69, 9.17) is 4.74 Å². The van der Waals surface area contributed by atoms with Crippen molar-refractivity contribution in [1.82, 2.24) is 15.2 Å². The number of nitrogens with zero attached hydrogens (tertiary/aromatic N) is 2. The van der Waals surface area contributed by atoms with Crippen molar-refractivity contribution in [2.45, 2.75) is 44.1 Å². The van der Waals surface area contributed by atoms with Gasteiger partial charge in [0.25, 0.3) is 0 Å². The Kier molecular flexibility index (Phi) is 3.81. The highest BCUT2D eigenvalue weighted by Gasteiger charge is 2.41. The van der Waals surface area contributed by atoms with Crippen LogP contribution in [0.25, 0.3) is 0 Å². The lowest BCUT2D eigenvalue weighted by Crippen LogP contribution is -2.47. The van der Waals surface area contributed by atoms with Gasteiger partial charge in [-0.15, -0.1) is 11.3 Å². The van der Waals surface area contributed by atoms with E-state index in [2.05, 4.69) is 15.2 Å². The number of carbonyl (C=O) groups excluding carboxylic acids is 1. The van der Waals surface area contributed by atoms with Gasteiger partial charge in [0.2, 0.25) is 5.91 Å². The number of ether oxygens (including phenoxy) is 1. The number of thiazole rings is 1. The van der Waals surface area contributed by atoms with Gasteiger partial charge in [0.15, 0.2) is 0 Å². The summed E-state index contributed by atoms with van der Waals surface area (Å²) >= 11 is 1.70. The Hall–Kier alpha value is -0.980. The van der Waals surface area contributed by atoms with Crippen molar-refractivity contribution in [3.8, 4) is 0 Å². The number of amides is 1. The van der Waals surface area contributed by atoms with E-state index in [-0.39, 0.29) is 18.1 Å². The van der Waals surface area contributed by atoms with Crippen molar-refractivity contribution < 1.29 is 9.53 Å². The van der Waals surface area contributed by atoms with Gasteiger partial charge in [0.1, 0.15) is 11.1 Å². The summed E-state index contributed by atoms with van der Waals surface area (Å²) in [5.41, 5.74) is 0. The molecule has 2 aliphatic heterocycles. The van der Waals surface area contributed by atoms with Crippen LogP contribution in [0.5, 0.6) is 0 Å². The molecule has 19 heavy (non-hydrogen) atoms. The van der Waals surface area contributed by atoms with Gasteiger partial charge in [0.05, 0.1) is 12.6 Å². The summed E-state index contributed by atoms with van der Waals surface area (Å²) in [5, 5.41) is 5.85. The molecule has 0 bridgehead atoms. The summed E-state index contributed by atoms with van der Waals surface area (Å²) < 4.78 is 5.94. The molecule has 6 heteroatoms. The smallest absolute Gasteiger partial charge is 0.248 e. The maximum absolute atomic E-state index is 11.6. The van der Waals surface area contributed by atoms with E-state index in [1.807, 2.05) is 11.6 Å². The number of likely N-dealkylation sites (N-methyl/N-ethyl adjacent to an activating group) is 1. The molecule has 2 aliphatic rings. The number of likely N-dealkylation sites (tertiary alicyclic amines) is 1. The number of nitrogens with one attached hydrogen (secondary N) is 1. The molecule has 1 aromatic heterocycles. The van der Waals surface area contributed by atoms with E-state index in [0.29, 0.717) is 6.04 Å². The second kappa shape index (κ2) is 5.56. The molecule has 0 aliphatic carbocycles. The van der Waals surface area contributed by atoms with Crippen molar-refractivity contribution in [1.29, 1.82) is 0 Å². The summed E-state index contributed by atoms with van der Waals surface area (Å²) in [6, 6.07) is 0.449. The molecule has 3 rings (SSSR count). The minimum absolute atomic E-state index is 0.0109. The Morgan fingerprint density at radius 2 is 2.47 bits per heavy atom. The summed E-state index contributed by atoms with van der Waals surface area (Å²) in [6.07, 6.45) is 4.67. The summed E-state index contributed by atoms with van der Waals surface area (Å²) in [6.45, 7) is 1.95. The Balaban J connectivity index is 1.60. The number of hydrogen-bond acceptors (Lipinski definition) is 5. The fraction of sp³-hybridized carbons (Fsp3) is 0.692. The van der Waals surface area contributed by atoms with Crippen molar-refractivity contribution >= 4 is 17.2 Å². The average molecular weight is 281 g/mol. The Bertz CT molecular complexity index is 437. The first kappa shape index (κ1) is 13.0. The van der Waals surface area contributed by atoms with E-state index < -0.39 is 0 Å². The predicted molar refractivity (Wildman–Crippen MR) is 72.9 cm³/mol. The highest BCUT2D eigenvalue weighted by atomic mass is 32.1. The maximum Gasteiger partial charge on any atom is 0.248 e. The van der Waals surface area contributed by atoms with E-state index in [0.717, 1.165) is 37.4 Å². The zero-order valence-corrected chi connectivity index (χ0v) is 11.9. The molecule has 2 fully saturated rings. The summed E-state index contributed by atoms with van der Waals surface area (Å²) in [4.78, 5) is 18.4. The minimum atomic E-state index is -0.258. The van der Waals surface area contributed by atoms with E-state index in [1.54, 1.807) is 18.4 Å². The Morgan fingerprint density at radius 1 is 1.58 bits per heavy atom. The van der Waals surface area contributed by atoms with Gasteiger partial charge in [-0.3, -0.25) is 9.69 Å². The Morgan fingerprint density at radius 3 is 3.21 bits per heavy atom. The van der Waals surface area contributed by atoms with Gasteiger partial charge in [0, 0.05) is 31.2 Å². The van der Waals surface area contributed by atoms with Crippen molar-refractivity contribution in [2.24, 2.45) is 0 Å². The monoisotopic (exact) mass is 281 g/mol. The molecule has 0 aromatic carbocycles. The first-order chi connectivity index (χ1) is 9.28. The van der Waals surface area contributed by atoms with E-state index in [1.165, 1.54) is 0 Å². The van der Waals surface area contributed by atoms with Gasteiger partial charge in [-0.1, -0.05) is 0 Å². The largest absolute Gasteiger partial charge is 0.363 e. The van der Waals surface area contributed by atoms with Crippen molar-refractivity contribution in [2.75, 3.05) is 13.6 Å². The molecule has 3 atom stereocenters. The number of carbonyl (C=O) groups is 1. The SMILES string of the molecule is CNC(=O)[C@@H]1CC[C@@H]2[C@@H](CCN2Cc2nccs2)O1. The van der Waals surface area contributed by atoms with Crippen LogP contribution in [-0.2, 0) is 16.1 Å². The van der Waals surface area contributed by atoms with Gasteiger partial charge in [-0.05, 0) is 19.3 Å². The molecule has 1 aromatic rings. The molecule has 0 unspecified atom stereocenters. The van der Waals surface area contributed by atoms with Crippen LogP contribution in [0.4, 0.5) is 0 Å². The number of hydrogen-bond donors (Lipinski definition) is 1. The number of fused-ring (bicyclic) bond motifs is 1. The lowest BCUT2D eigenvalue weighted by Gasteiger charge is -2.35. The minimum Gasteiger partial charge on any atom is -0.363 e. The second-order valence-electron chi connectivity index (χ2n) is 5.11. The van der Waals surface area contributed by atoms with E-state index in [9.17, 15) is 4.79 Å². The topological polar surface area (TPSA) is 54.5 Å². The lowest BCUT2D eigenvalue weighted by atomic mass is 9.98. The number of aromatic nitrogens is 1. The van der Waals surface area contributed by atoms with Crippen molar-refractivity contribution in [3.05, 3.63) is 16.6 Å². The molecule has 1 amide bonds. The van der Waals surface area contributed by atoms with Crippen molar-refractivity contribution in [3.63, 3.8) is 0 Å². The fourth-order valence-electron chi connectivity index (χ4n) is 3.07. The lowest BCUT2D eigenvalue weighted by molar-refractivity contribution is -0.143. The second-order valence-corrected chi connectivity index (χ2v) is 6.09. The van der Waals surface area contributed by atoms with Crippen LogP contribution >= 0.6 is 11.3 Å². The molecule has 104 valence electrons. The van der Waals surface area contributed by atoms with Crippen LogP contribution in [0.15, 0.2) is 11.6 Å². The van der Waals surface area contributed by atoms with Crippen LogP contribution < -0.4 is 5.32 Å². The molecular formula is C13H19N3O2S. The van der Waals surface area contributed by atoms with Crippen LogP contribution in [0.1, 0.15) is 24.3 Å². The van der Waals surface area contributed by atoms with Gasteiger partial charge < -0.3 is 10.1 Å². The first-order valence-electron chi connectivity index (χ1n) is 6.77. The molecule has 3 heterocycles. The zero-order valence-electron chi connectivity index (χ0n) is 11.0. The predicted octanol–water partition coefficient (Wildman–Crippen LogP) is 1.01. The van der Waals surface area contributed by atoms with Crippen LogP contribution in [0.2, 0.25) is 0 Å². The van der Waals surface area contributed by atoms with Gasteiger partial charge >= 0.3 is 0 Å². The zero-order chi connectivity index (χ0) is 13.2. The standard InChI is InChI=1S/C13H19N3O2S/c1-14-13(17)11-3-2-9-10(18-11)4-6-16(9)8-12-15-5-7-19-12/h5,7,9-11H,2-4,6,8H2,1H3,(H,14,17)/t9-,10-,11+/m1/s1. The molecule has 0 spiro atoms. The average Bonchev–Trinajstić information content (AvgIpc) is 3.08. The third-order valence-electron chi connectivity index (χ3n) is 4.02. The summed E-state index contributed by atoms with van der Waals surface area (Å²) in [7, 11) is 1.67. The first-order valence-corrected chi connectivity index (χ1v) is 7.65. The Labute approximate surface area is 117 Å². The highest BCUT2D eigenvalue weighted by molar-refractivity contribution is 7.09. The van der Waals surface area contributed by atoms with Gasteiger partial charge in [-0.2, -0.15) is 0 Å². The molecule has 0 radical (unpaired) electrons. The molecule has 2 saturated heterocycles. The van der Waals surface area contributed by atoms with Crippen LogP contribution in [0, 0.1) is 0 Å². The van der Waals surface area contributed by atoms with Crippen LogP contribution in [0.3, 0.4) is 0 Å². The normalized spacial score (nSPS) is 31.1. The van der Waals surface area contributed by atoms with E-state index >= 15 is 0 Å². The fourth-order valence-corrected chi connectivity index (χ4v) is 3.71. The summed E-state index contributed by atoms with van der Waals surface area (Å²) in [5.74, 6) is 0.0109. The molecular weight excluding hydrogens is 262 g/mol. The molecule has 1 N–H and O–H groups in total. The number of rotatable bonds is 3.